The van der Waals surface area contributed by atoms with Gasteiger partial charge in [0.2, 0.25) is 5.95 Å². The molecule has 0 amide bonds. The van der Waals surface area contributed by atoms with Crippen molar-refractivity contribution in [2.75, 3.05) is 17.3 Å². The van der Waals surface area contributed by atoms with Gasteiger partial charge in [-0.1, -0.05) is 0 Å². The minimum Gasteiger partial charge on any atom is -0.338 e. The third-order valence-corrected chi connectivity index (χ3v) is 3.08. The highest BCUT2D eigenvalue weighted by molar-refractivity contribution is 6.17. The molecule has 0 bridgehead atoms. The second-order valence-corrected chi connectivity index (χ2v) is 4.34. The molecule has 0 aromatic carbocycles. The Morgan fingerprint density at radius 1 is 1.60 bits per heavy atom. The van der Waals surface area contributed by atoms with Gasteiger partial charge in [-0.15, -0.1) is 11.6 Å². The lowest BCUT2D eigenvalue weighted by Gasteiger charge is -2.23. The normalized spacial score (nSPS) is 20.9. The topological polar surface area (TPSA) is 29.0 Å². The predicted molar refractivity (Wildman–Crippen MR) is 62.5 cm³/mol. The van der Waals surface area contributed by atoms with Crippen molar-refractivity contribution in [3.05, 3.63) is 18.0 Å². The van der Waals surface area contributed by atoms with Crippen LogP contribution in [0.25, 0.3) is 0 Å². The van der Waals surface area contributed by atoms with E-state index < -0.39 is 0 Å². The fraction of sp³-hybridized carbons (Fsp3) is 0.636. The quantitative estimate of drug-likeness (QED) is 0.740. The summed E-state index contributed by atoms with van der Waals surface area (Å²) < 4.78 is 0. The monoisotopic (exact) mass is 225 g/mol. The number of nitrogens with zero attached hydrogens (tertiary/aromatic N) is 3. The van der Waals surface area contributed by atoms with Crippen molar-refractivity contribution in [1.82, 2.24) is 9.97 Å². The molecule has 1 saturated heterocycles. The van der Waals surface area contributed by atoms with Crippen LogP contribution in [0, 0.1) is 6.92 Å². The van der Waals surface area contributed by atoms with Crippen LogP contribution in [0.1, 0.15) is 25.0 Å². The summed E-state index contributed by atoms with van der Waals surface area (Å²) in [5.74, 6) is 1.58. The predicted octanol–water partition coefficient (Wildman–Crippen LogP) is 2.38. The summed E-state index contributed by atoms with van der Waals surface area (Å²) in [4.78, 5) is 11.1. The Balaban J connectivity index is 2.15. The third kappa shape index (κ3) is 2.40. The molecule has 1 aromatic heterocycles. The molecule has 2 heterocycles. The van der Waals surface area contributed by atoms with E-state index in [0.29, 0.717) is 11.9 Å². The average molecular weight is 226 g/mol. The fourth-order valence-electron chi connectivity index (χ4n) is 2.10. The molecule has 4 heteroatoms. The van der Waals surface area contributed by atoms with Gasteiger partial charge in [-0.3, -0.25) is 0 Å². The molecule has 82 valence electrons. The van der Waals surface area contributed by atoms with Crippen LogP contribution in [-0.2, 0) is 0 Å². The molecule has 1 aliphatic heterocycles. The van der Waals surface area contributed by atoms with E-state index in [1.54, 1.807) is 0 Å². The van der Waals surface area contributed by atoms with Crippen molar-refractivity contribution in [3.63, 3.8) is 0 Å². The van der Waals surface area contributed by atoms with Crippen LogP contribution in [-0.4, -0.2) is 28.4 Å². The second-order valence-electron chi connectivity index (χ2n) is 3.97. The largest absolute Gasteiger partial charge is 0.338 e. The van der Waals surface area contributed by atoms with Gasteiger partial charge in [0.05, 0.1) is 0 Å². The molecule has 1 atom stereocenters. The highest BCUT2D eigenvalue weighted by atomic mass is 35.5. The smallest absolute Gasteiger partial charge is 0.225 e. The van der Waals surface area contributed by atoms with E-state index in [4.69, 9.17) is 11.6 Å². The van der Waals surface area contributed by atoms with E-state index in [1.165, 1.54) is 12.8 Å². The Morgan fingerprint density at radius 3 is 3.20 bits per heavy atom. The third-order valence-electron chi connectivity index (χ3n) is 2.86. The van der Waals surface area contributed by atoms with Crippen molar-refractivity contribution in [2.24, 2.45) is 0 Å². The zero-order valence-corrected chi connectivity index (χ0v) is 9.74. The molecule has 3 nitrogen and oxygen atoms in total. The summed E-state index contributed by atoms with van der Waals surface area (Å²) >= 11 is 5.80. The second kappa shape index (κ2) is 4.79. The van der Waals surface area contributed by atoms with Crippen LogP contribution < -0.4 is 4.90 Å². The first-order valence-corrected chi connectivity index (χ1v) is 5.97. The maximum Gasteiger partial charge on any atom is 0.225 e. The Labute approximate surface area is 95.5 Å². The van der Waals surface area contributed by atoms with Crippen molar-refractivity contribution < 1.29 is 0 Å². The van der Waals surface area contributed by atoms with Gasteiger partial charge in [-0.25, -0.2) is 9.97 Å². The maximum atomic E-state index is 5.80. The molecule has 1 unspecified atom stereocenters. The van der Waals surface area contributed by atoms with Crippen LogP contribution in [0.4, 0.5) is 5.95 Å². The zero-order valence-electron chi connectivity index (χ0n) is 8.99. The number of alkyl halides is 1. The summed E-state index contributed by atoms with van der Waals surface area (Å²) in [6, 6.07) is 2.46. The van der Waals surface area contributed by atoms with E-state index in [2.05, 4.69) is 14.9 Å². The van der Waals surface area contributed by atoms with Crippen molar-refractivity contribution >= 4 is 17.5 Å². The van der Waals surface area contributed by atoms with Crippen LogP contribution in [0.2, 0.25) is 0 Å². The number of hydrogen-bond donors (Lipinski definition) is 0. The lowest BCUT2D eigenvalue weighted by atomic mass is 10.2. The molecule has 0 saturated carbocycles. The van der Waals surface area contributed by atoms with Gasteiger partial charge < -0.3 is 4.90 Å². The van der Waals surface area contributed by atoms with Gasteiger partial charge in [0, 0.05) is 30.4 Å². The molecular weight excluding hydrogens is 210 g/mol. The average Bonchev–Trinajstić information content (AvgIpc) is 2.66. The van der Waals surface area contributed by atoms with E-state index in [9.17, 15) is 0 Å². The van der Waals surface area contributed by atoms with Gasteiger partial charge in [-0.2, -0.15) is 0 Å². The number of aromatic nitrogens is 2. The van der Waals surface area contributed by atoms with Crippen molar-refractivity contribution in [3.8, 4) is 0 Å². The highest BCUT2D eigenvalue weighted by Gasteiger charge is 2.25. The van der Waals surface area contributed by atoms with Gasteiger partial charge in [0.1, 0.15) is 0 Å². The number of rotatable bonds is 3. The van der Waals surface area contributed by atoms with Gasteiger partial charge in [-0.05, 0) is 32.3 Å². The van der Waals surface area contributed by atoms with E-state index in [-0.39, 0.29) is 0 Å². The molecule has 1 aliphatic rings. The van der Waals surface area contributed by atoms with Crippen LogP contribution in [0.5, 0.6) is 0 Å². The van der Waals surface area contributed by atoms with E-state index in [1.807, 2.05) is 19.2 Å². The molecule has 1 fully saturated rings. The lowest BCUT2D eigenvalue weighted by Crippen LogP contribution is -2.31. The first-order valence-electron chi connectivity index (χ1n) is 5.43. The first kappa shape index (κ1) is 10.7. The number of halogens is 1. The molecule has 0 N–H and O–H groups in total. The molecule has 0 spiro atoms. The van der Waals surface area contributed by atoms with Gasteiger partial charge >= 0.3 is 0 Å². The SMILES string of the molecule is Cc1ccnc(N2CCCC2CCCl)n1. The minimum absolute atomic E-state index is 0.532. The lowest BCUT2D eigenvalue weighted by molar-refractivity contribution is 0.636. The van der Waals surface area contributed by atoms with Crippen molar-refractivity contribution in [1.29, 1.82) is 0 Å². The molecule has 1 aromatic rings. The van der Waals surface area contributed by atoms with Gasteiger partial charge in [0.15, 0.2) is 0 Å². The molecular formula is C11H16ClN3. The molecule has 2 rings (SSSR count). The van der Waals surface area contributed by atoms with Gasteiger partial charge in [0.25, 0.3) is 0 Å². The summed E-state index contributed by atoms with van der Waals surface area (Å²) in [5, 5.41) is 0. The zero-order chi connectivity index (χ0) is 10.7. The van der Waals surface area contributed by atoms with Crippen LogP contribution in [0.15, 0.2) is 12.3 Å². The van der Waals surface area contributed by atoms with E-state index in [0.717, 1.165) is 24.6 Å². The highest BCUT2D eigenvalue weighted by Crippen LogP contribution is 2.24. The van der Waals surface area contributed by atoms with Crippen molar-refractivity contribution in [2.45, 2.75) is 32.2 Å². The Hall–Kier alpha value is -0.830. The fourth-order valence-corrected chi connectivity index (χ4v) is 2.35. The van der Waals surface area contributed by atoms with Crippen LogP contribution >= 0.6 is 11.6 Å². The number of aryl methyl sites for hydroxylation is 1. The minimum atomic E-state index is 0.532. The first-order chi connectivity index (χ1) is 7.31. The maximum absolute atomic E-state index is 5.80. The molecule has 15 heavy (non-hydrogen) atoms. The molecule has 0 radical (unpaired) electrons. The Morgan fingerprint density at radius 2 is 2.47 bits per heavy atom. The Bertz CT molecular complexity index is 329. The van der Waals surface area contributed by atoms with Crippen LogP contribution in [0.3, 0.4) is 0 Å². The number of hydrogen-bond acceptors (Lipinski definition) is 3. The summed E-state index contributed by atoms with van der Waals surface area (Å²) in [5.41, 5.74) is 1.02. The standard InChI is InChI=1S/C11H16ClN3/c1-9-5-7-13-11(14-9)15-8-2-3-10(15)4-6-12/h5,7,10H,2-4,6,8H2,1H3. The number of anilines is 1. The molecule has 0 aliphatic carbocycles. The summed E-state index contributed by atoms with van der Waals surface area (Å²) in [6.07, 6.45) is 5.29. The van der Waals surface area contributed by atoms with E-state index >= 15 is 0 Å². The Kier molecular flexibility index (Phi) is 3.41. The summed E-state index contributed by atoms with van der Waals surface area (Å²) in [6.45, 7) is 3.06. The summed E-state index contributed by atoms with van der Waals surface area (Å²) in [7, 11) is 0.